The van der Waals surface area contributed by atoms with Crippen molar-refractivity contribution in [3.05, 3.63) is 35.9 Å². The number of benzene rings is 1. The van der Waals surface area contributed by atoms with Crippen molar-refractivity contribution >= 4 is 44.2 Å². The summed E-state index contributed by atoms with van der Waals surface area (Å²) in [6.07, 6.45) is 2.95. The monoisotopic (exact) mass is 406 g/mol. The molecule has 27 heavy (non-hydrogen) atoms. The Labute approximate surface area is 165 Å². The van der Waals surface area contributed by atoms with Crippen LogP contribution >= 0.6 is 22.9 Å². The number of hydrogen-bond donors (Lipinski definition) is 0. The lowest BCUT2D eigenvalue weighted by Gasteiger charge is -2.29. The Balaban J connectivity index is 1.57. The van der Waals surface area contributed by atoms with Gasteiger partial charge in [0.05, 0.1) is 22.9 Å². The Morgan fingerprint density at radius 1 is 1.33 bits per heavy atom. The normalized spacial score (nSPS) is 15.3. The minimum atomic E-state index is -0.0797. The second-order valence-corrected chi connectivity index (χ2v) is 7.59. The molecule has 1 saturated heterocycles. The number of thiazole rings is 1. The van der Waals surface area contributed by atoms with Gasteiger partial charge in [-0.1, -0.05) is 29.0 Å². The average Bonchev–Trinajstić information content (AvgIpc) is 3.33. The highest BCUT2D eigenvalue weighted by Gasteiger charge is 2.22. The molecule has 0 atom stereocenters. The number of amides is 1. The fourth-order valence-electron chi connectivity index (χ4n) is 2.95. The van der Waals surface area contributed by atoms with Crippen LogP contribution in [0.15, 0.2) is 30.9 Å². The van der Waals surface area contributed by atoms with Gasteiger partial charge in [0.15, 0.2) is 5.13 Å². The van der Waals surface area contributed by atoms with Crippen LogP contribution in [0.25, 0.3) is 10.2 Å². The highest BCUT2D eigenvalue weighted by molar-refractivity contribution is 7.22. The molecule has 0 unspecified atom stereocenters. The number of halogens is 1. The first kappa shape index (κ1) is 18.3. The van der Waals surface area contributed by atoms with E-state index in [0.29, 0.717) is 16.7 Å². The number of nitrogens with zero attached hydrogens (tertiary/aromatic N) is 6. The summed E-state index contributed by atoms with van der Waals surface area (Å²) in [6, 6.07) is 5.66. The molecule has 0 bridgehead atoms. The average molecular weight is 407 g/mol. The van der Waals surface area contributed by atoms with Crippen molar-refractivity contribution < 1.29 is 9.53 Å². The fraction of sp³-hybridized carbons (Fsp3) is 0.412. The maximum absolute atomic E-state index is 13.0. The highest BCUT2D eigenvalue weighted by Crippen LogP contribution is 2.32. The van der Waals surface area contributed by atoms with E-state index in [9.17, 15) is 4.79 Å². The van der Waals surface area contributed by atoms with E-state index >= 15 is 0 Å². The maximum Gasteiger partial charge on any atom is 0.250 e. The minimum absolute atomic E-state index is 0.0797. The Morgan fingerprint density at radius 3 is 2.93 bits per heavy atom. The number of morpholine rings is 1. The smallest absolute Gasteiger partial charge is 0.250 e. The van der Waals surface area contributed by atoms with Gasteiger partial charge < -0.3 is 4.74 Å². The molecule has 142 valence electrons. The molecular formula is C17H19ClN6O2S. The van der Waals surface area contributed by atoms with Crippen LogP contribution in [0.3, 0.4) is 0 Å². The summed E-state index contributed by atoms with van der Waals surface area (Å²) in [7, 11) is 0. The van der Waals surface area contributed by atoms with E-state index in [4.69, 9.17) is 16.3 Å². The second-order valence-electron chi connectivity index (χ2n) is 6.18. The van der Waals surface area contributed by atoms with Crippen LogP contribution in [0, 0.1) is 0 Å². The van der Waals surface area contributed by atoms with Crippen molar-refractivity contribution in [2.45, 2.75) is 6.54 Å². The number of rotatable bonds is 6. The summed E-state index contributed by atoms with van der Waals surface area (Å²) in [5.74, 6) is -0.0797. The van der Waals surface area contributed by atoms with Gasteiger partial charge in [-0.25, -0.2) is 14.6 Å². The zero-order chi connectivity index (χ0) is 18.6. The van der Waals surface area contributed by atoms with Gasteiger partial charge >= 0.3 is 0 Å². The van der Waals surface area contributed by atoms with Crippen LogP contribution in [0.5, 0.6) is 0 Å². The van der Waals surface area contributed by atoms with E-state index in [1.165, 1.54) is 28.7 Å². The SMILES string of the molecule is O=C(Cn1cncn1)N(CCN1CCOCC1)c1nc2c(Cl)cccc2s1. The molecule has 1 aromatic carbocycles. The van der Waals surface area contributed by atoms with Crippen molar-refractivity contribution in [2.24, 2.45) is 0 Å². The van der Waals surface area contributed by atoms with Crippen LogP contribution < -0.4 is 4.90 Å². The third-order valence-electron chi connectivity index (χ3n) is 4.40. The van der Waals surface area contributed by atoms with E-state index in [1.54, 1.807) is 4.90 Å². The molecule has 0 aliphatic carbocycles. The van der Waals surface area contributed by atoms with Gasteiger partial charge in [0, 0.05) is 26.2 Å². The topological polar surface area (TPSA) is 76.4 Å². The lowest BCUT2D eigenvalue weighted by molar-refractivity contribution is -0.119. The molecule has 1 aliphatic rings. The summed E-state index contributed by atoms with van der Waals surface area (Å²) in [4.78, 5) is 25.5. The number of carbonyl (C=O) groups is 1. The number of para-hydroxylation sites is 1. The largest absolute Gasteiger partial charge is 0.379 e. The lowest BCUT2D eigenvalue weighted by atomic mass is 10.3. The van der Waals surface area contributed by atoms with Gasteiger partial charge in [-0.15, -0.1) is 0 Å². The predicted octanol–water partition coefficient (Wildman–Crippen LogP) is 1.91. The van der Waals surface area contributed by atoms with Crippen molar-refractivity contribution in [3.8, 4) is 0 Å². The van der Waals surface area contributed by atoms with E-state index in [-0.39, 0.29) is 12.5 Å². The molecule has 0 spiro atoms. The van der Waals surface area contributed by atoms with E-state index in [0.717, 1.165) is 43.1 Å². The second kappa shape index (κ2) is 8.30. The zero-order valence-electron chi connectivity index (χ0n) is 14.6. The molecule has 1 fully saturated rings. The number of aromatic nitrogens is 4. The van der Waals surface area contributed by atoms with Crippen molar-refractivity contribution in [2.75, 3.05) is 44.3 Å². The van der Waals surface area contributed by atoms with Crippen molar-refractivity contribution in [1.82, 2.24) is 24.6 Å². The van der Waals surface area contributed by atoms with Crippen LogP contribution in [-0.2, 0) is 16.1 Å². The summed E-state index contributed by atoms with van der Waals surface area (Å²) >= 11 is 7.73. The quantitative estimate of drug-likeness (QED) is 0.622. The van der Waals surface area contributed by atoms with Crippen LogP contribution in [0.2, 0.25) is 5.02 Å². The third kappa shape index (κ3) is 4.27. The molecule has 2 aromatic heterocycles. The van der Waals surface area contributed by atoms with E-state index in [2.05, 4.69) is 20.0 Å². The molecule has 0 N–H and O–H groups in total. The molecule has 0 saturated carbocycles. The first-order chi connectivity index (χ1) is 13.2. The first-order valence-corrected chi connectivity index (χ1v) is 9.88. The molecule has 8 nitrogen and oxygen atoms in total. The zero-order valence-corrected chi connectivity index (χ0v) is 16.2. The van der Waals surface area contributed by atoms with Crippen LogP contribution in [0.4, 0.5) is 5.13 Å². The molecule has 0 radical (unpaired) electrons. The number of hydrogen-bond acceptors (Lipinski definition) is 7. The Bertz CT molecular complexity index is 909. The summed E-state index contributed by atoms with van der Waals surface area (Å²) in [5, 5.41) is 5.27. The summed E-state index contributed by atoms with van der Waals surface area (Å²) in [5.41, 5.74) is 0.726. The number of ether oxygens (including phenoxy) is 1. The summed E-state index contributed by atoms with van der Waals surface area (Å²) < 4.78 is 7.87. The molecule has 1 amide bonds. The number of carbonyl (C=O) groups excluding carboxylic acids is 1. The molecule has 3 aromatic rings. The standard InChI is InChI=1S/C17H19ClN6O2S/c18-13-2-1-3-14-16(13)21-17(27-14)24(5-4-22-6-8-26-9-7-22)15(25)10-23-12-19-11-20-23/h1-3,11-12H,4-10H2. The molecule has 4 rings (SSSR count). The van der Waals surface area contributed by atoms with Gasteiger partial charge in [-0.2, -0.15) is 5.10 Å². The van der Waals surface area contributed by atoms with Crippen LogP contribution in [0.1, 0.15) is 0 Å². The lowest BCUT2D eigenvalue weighted by Crippen LogP contribution is -2.44. The van der Waals surface area contributed by atoms with Gasteiger partial charge in [-0.3, -0.25) is 14.6 Å². The minimum Gasteiger partial charge on any atom is -0.379 e. The van der Waals surface area contributed by atoms with Gasteiger partial charge in [0.2, 0.25) is 0 Å². The predicted molar refractivity (Wildman–Crippen MR) is 104 cm³/mol. The number of fused-ring (bicyclic) bond motifs is 1. The maximum atomic E-state index is 13.0. The van der Waals surface area contributed by atoms with E-state index < -0.39 is 0 Å². The van der Waals surface area contributed by atoms with Crippen molar-refractivity contribution in [3.63, 3.8) is 0 Å². The molecular weight excluding hydrogens is 388 g/mol. The van der Waals surface area contributed by atoms with E-state index in [1.807, 2.05) is 18.2 Å². The fourth-order valence-corrected chi connectivity index (χ4v) is 4.26. The van der Waals surface area contributed by atoms with Gasteiger partial charge in [0.1, 0.15) is 24.7 Å². The Kier molecular flexibility index (Phi) is 5.63. The Morgan fingerprint density at radius 2 is 2.19 bits per heavy atom. The Hall–Kier alpha value is -2.07. The van der Waals surface area contributed by atoms with Crippen LogP contribution in [-0.4, -0.2) is 69.9 Å². The first-order valence-electron chi connectivity index (χ1n) is 8.68. The highest BCUT2D eigenvalue weighted by atomic mass is 35.5. The molecule has 10 heteroatoms. The molecule has 3 heterocycles. The van der Waals surface area contributed by atoms with Crippen molar-refractivity contribution in [1.29, 1.82) is 0 Å². The molecule has 1 aliphatic heterocycles. The van der Waals surface area contributed by atoms with Gasteiger partial charge in [-0.05, 0) is 12.1 Å². The third-order valence-corrected chi connectivity index (χ3v) is 5.75. The summed E-state index contributed by atoms with van der Waals surface area (Å²) in [6.45, 7) is 4.62. The van der Waals surface area contributed by atoms with Gasteiger partial charge in [0.25, 0.3) is 5.91 Å². The number of anilines is 1.